The van der Waals surface area contributed by atoms with Gasteiger partial charge in [-0.05, 0) is 47.7 Å². The average molecular weight is 345 g/mol. The van der Waals surface area contributed by atoms with Crippen LogP contribution in [0.25, 0.3) is 10.8 Å². The zero-order chi connectivity index (χ0) is 18.1. The summed E-state index contributed by atoms with van der Waals surface area (Å²) in [7, 11) is 0. The van der Waals surface area contributed by atoms with Crippen molar-refractivity contribution < 1.29 is 9.90 Å². The van der Waals surface area contributed by atoms with E-state index in [-0.39, 0.29) is 6.04 Å². The molecule has 2 unspecified atom stereocenters. The Hall–Kier alpha value is -2.65. The molecular formula is C23H23NO2. The van der Waals surface area contributed by atoms with Gasteiger partial charge < -0.3 is 5.11 Å². The first-order chi connectivity index (χ1) is 12.6. The van der Waals surface area contributed by atoms with E-state index in [1.807, 2.05) is 12.1 Å². The van der Waals surface area contributed by atoms with E-state index in [1.54, 1.807) is 0 Å². The lowest BCUT2D eigenvalue weighted by molar-refractivity contribution is -0.142. The van der Waals surface area contributed by atoms with E-state index in [0.717, 1.165) is 24.1 Å². The highest BCUT2D eigenvalue weighted by atomic mass is 16.4. The number of carboxylic acids is 1. The van der Waals surface area contributed by atoms with Crippen LogP contribution in [0.4, 0.5) is 0 Å². The van der Waals surface area contributed by atoms with E-state index in [2.05, 4.69) is 66.4 Å². The van der Waals surface area contributed by atoms with Crippen LogP contribution in [-0.2, 0) is 4.79 Å². The molecule has 26 heavy (non-hydrogen) atoms. The van der Waals surface area contributed by atoms with Crippen molar-refractivity contribution in [2.75, 3.05) is 6.54 Å². The molecule has 1 saturated heterocycles. The standard InChI is InChI=1S/C23H23NO2/c1-16-8-10-18(11-9-16)22(24-14-4-7-21(24)23(25)26)20-13-12-17-5-2-3-6-19(17)15-20/h2-3,5-6,8-13,15,21-22H,4,7,14H2,1H3,(H,25,26). The monoisotopic (exact) mass is 345 g/mol. The Bertz CT molecular complexity index is 932. The van der Waals surface area contributed by atoms with Crippen LogP contribution in [-0.4, -0.2) is 28.6 Å². The molecule has 1 aliphatic heterocycles. The molecule has 1 N–H and O–H groups in total. The fraction of sp³-hybridized carbons (Fsp3) is 0.261. The summed E-state index contributed by atoms with van der Waals surface area (Å²) in [6.07, 6.45) is 1.64. The molecule has 2 atom stereocenters. The van der Waals surface area contributed by atoms with Gasteiger partial charge in [-0.25, -0.2) is 0 Å². The zero-order valence-corrected chi connectivity index (χ0v) is 14.9. The second-order valence-electron chi connectivity index (χ2n) is 7.15. The summed E-state index contributed by atoms with van der Waals surface area (Å²) in [6, 6.07) is 22.8. The van der Waals surface area contributed by atoms with E-state index in [4.69, 9.17) is 0 Å². The first-order valence-electron chi connectivity index (χ1n) is 9.17. The van der Waals surface area contributed by atoms with Gasteiger partial charge in [-0.3, -0.25) is 9.69 Å². The lowest BCUT2D eigenvalue weighted by Crippen LogP contribution is -2.39. The number of likely N-dealkylation sites (tertiary alicyclic amines) is 1. The molecule has 1 aliphatic rings. The number of nitrogens with zero attached hydrogens (tertiary/aromatic N) is 1. The molecule has 3 nitrogen and oxygen atoms in total. The zero-order valence-electron chi connectivity index (χ0n) is 14.9. The summed E-state index contributed by atoms with van der Waals surface area (Å²) < 4.78 is 0. The second kappa shape index (κ2) is 6.93. The highest BCUT2D eigenvalue weighted by molar-refractivity contribution is 5.83. The van der Waals surface area contributed by atoms with Crippen molar-refractivity contribution in [2.45, 2.75) is 31.8 Å². The number of rotatable bonds is 4. The Labute approximate surface area is 153 Å². The molecule has 3 aromatic rings. The summed E-state index contributed by atoms with van der Waals surface area (Å²) in [5.74, 6) is -0.722. The number of benzene rings is 3. The van der Waals surface area contributed by atoms with Crippen molar-refractivity contribution in [2.24, 2.45) is 0 Å². The Balaban J connectivity index is 1.83. The van der Waals surface area contributed by atoms with Crippen molar-refractivity contribution in [3.63, 3.8) is 0 Å². The minimum atomic E-state index is -0.722. The van der Waals surface area contributed by atoms with E-state index in [9.17, 15) is 9.90 Å². The third-order valence-corrected chi connectivity index (χ3v) is 5.39. The molecule has 0 aromatic heterocycles. The van der Waals surface area contributed by atoms with Crippen LogP contribution in [0, 0.1) is 6.92 Å². The van der Waals surface area contributed by atoms with Crippen molar-refractivity contribution >= 4 is 16.7 Å². The summed E-state index contributed by atoms with van der Waals surface area (Å²) in [5.41, 5.74) is 3.52. The molecule has 0 amide bonds. The first-order valence-corrected chi connectivity index (χ1v) is 9.17. The minimum Gasteiger partial charge on any atom is -0.480 e. The highest BCUT2D eigenvalue weighted by Gasteiger charge is 2.36. The van der Waals surface area contributed by atoms with Crippen molar-refractivity contribution in [3.8, 4) is 0 Å². The Morgan fingerprint density at radius 1 is 1.00 bits per heavy atom. The van der Waals surface area contributed by atoms with Crippen LogP contribution in [0.5, 0.6) is 0 Å². The molecule has 0 bridgehead atoms. The van der Waals surface area contributed by atoms with Crippen molar-refractivity contribution in [3.05, 3.63) is 83.4 Å². The topological polar surface area (TPSA) is 40.5 Å². The van der Waals surface area contributed by atoms with Gasteiger partial charge in [0.15, 0.2) is 0 Å². The van der Waals surface area contributed by atoms with Gasteiger partial charge in [0.1, 0.15) is 6.04 Å². The van der Waals surface area contributed by atoms with Crippen LogP contribution in [0.1, 0.15) is 35.6 Å². The maximum Gasteiger partial charge on any atom is 0.320 e. The molecule has 3 aromatic carbocycles. The van der Waals surface area contributed by atoms with Crippen LogP contribution in [0.3, 0.4) is 0 Å². The normalized spacial score (nSPS) is 18.9. The summed E-state index contributed by atoms with van der Waals surface area (Å²) in [5, 5.41) is 12.1. The van der Waals surface area contributed by atoms with Gasteiger partial charge >= 0.3 is 5.97 Å². The van der Waals surface area contributed by atoms with Crippen molar-refractivity contribution in [1.82, 2.24) is 4.90 Å². The maximum absolute atomic E-state index is 11.8. The molecule has 0 aliphatic carbocycles. The number of fused-ring (bicyclic) bond motifs is 1. The molecule has 0 saturated carbocycles. The third kappa shape index (κ3) is 3.11. The Morgan fingerprint density at radius 2 is 1.69 bits per heavy atom. The number of aliphatic carboxylic acids is 1. The maximum atomic E-state index is 11.8. The largest absolute Gasteiger partial charge is 0.480 e. The molecule has 4 rings (SSSR count). The lowest BCUT2D eigenvalue weighted by Gasteiger charge is -2.32. The van der Waals surface area contributed by atoms with Gasteiger partial charge in [0.2, 0.25) is 0 Å². The fourth-order valence-electron chi connectivity index (χ4n) is 4.07. The van der Waals surface area contributed by atoms with Crippen LogP contribution < -0.4 is 0 Å². The number of carboxylic acid groups (broad SMARTS) is 1. The van der Waals surface area contributed by atoms with Gasteiger partial charge in [-0.1, -0.05) is 66.2 Å². The fourth-order valence-corrected chi connectivity index (χ4v) is 4.07. The minimum absolute atomic E-state index is 0.0381. The SMILES string of the molecule is Cc1ccc(C(c2ccc3ccccc3c2)N2CCCC2C(=O)O)cc1. The average Bonchev–Trinajstić information content (AvgIpc) is 3.13. The van der Waals surface area contributed by atoms with E-state index < -0.39 is 12.0 Å². The Morgan fingerprint density at radius 3 is 2.42 bits per heavy atom. The third-order valence-electron chi connectivity index (χ3n) is 5.39. The van der Waals surface area contributed by atoms with Gasteiger partial charge in [0.25, 0.3) is 0 Å². The van der Waals surface area contributed by atoms with Crippen LogP contribution in [0.15, 0.2) is 66.7 Å². The number of aryl methyl sites for hydroxylation is 1. The molecule has 1 fully saturated rings. The molecule has 132 valence electrons. The quantitative estimate of drug-likeness (QED) is 0.739. The second-order valence-corrected chi connectivity index (χ2v) is 7.15. The molecule has 0 radical (unpaired) electrons. The summed E-state index contributed by atoms with van der Waals surface area (Å²) >= 11 is 0. The van der Waals surface area contributed by atoms with E-state index in [0.29, 0.717) is 6.42 Å². The highest BCUT2D eigenvalue weighted by Crippen LogP contribution is 2.36. The molecular weight excluding hydrogens is 322 g/mol. The Kier molecular flexibility index (Phi) is 4.48. The smallest absolute Gasteiger partial charge is 0.320 e. The lowest BCUT2D eigenvalue weighted by atomic mass is 9.93. The molecule has 3 heteroatoms. The molecule has 0 spiro atoms. The summed E-state index contributed by atoms with van der Waals surface area (Å²) in [6.45, 7) is 2.88. The molecule has 1 heterocycles. The number of hydrogen-bond donors (Lipinski definition) is 1. The number of hydrogen-bond acceptors (Lipinski definition) is 2. The predicted molar refractivity (Wildman–Crippen MR) is 104 cm³/mol. The van der Waals surface area contributed by atoms with E-state index in [1.165, 1.54) is 16.3 Å². The summed E-state index contributed by atoms with van der Waals surface area (Å²) in [4.78, 5) is 14.0. The van der Waals surface area contributed by atoms with Gasteiger partial charge in [0.05, 0.1) is 6.04 Å². The van der Waals surface area contributed by atoms with Gasteiger partial charge in [-0.15, -0.1) is 0 Å². The van der Waals surface area contributed by atoms with Crippen molar-refractivity contribution in [1.29, 1.82) is 0 Å². The van der Waals surface area contributed by atoms with Crippen LogP contribution >= 0.6 is 0 Å². The van der Waals surface area contributed by atoms with Crippen LogP contribution in [0.2, 0.25) is 0 Å². The van der Waals surface area contributed by atoms with Gasteiger partial charge in [0, 0.05) is 6.54 Å². The number of carbonyl (C=O) groups is 1. The van der Waals surface area contributed by atoms with E-state index >= 15 is 0 Å². The first kappa shape index (κ1) is 16.8. The van der Waals surface area contributed by atoms with Gasteiger partial charge in [-0.2, -0.15) is 0 Å². The predicted octanol–water partition coefficient (Wildman–Crippen LogP) is 4.79.